The molecule has 1 fully saturated rings. The lowest BCUT2D eigenvalue weighted by Crippen LogP contribution is -2.52. The number of hydrogen-bond donors (Lipinski definition) is 0. The lowest BCUT2D eigenvalue weighted by molar-refractivity contribution is -0.141. The monoisotopic (exact) mass is 394 g/mol. The first kappa shape index (κ1) is 20.9. The van der Waals surface area contributed by atoms with Gasteiger partial charge in [0.25, 0.3) is 5.91 Å². The maximum Gasteiger partial charge on any atom is 0.260 e. The molecule has 5 nitrogen and oxygen atoms in total. The molecule has 0 bridgehead atoms. The Kier molecular flexibility index (Phi) is 6.57. The second kappa shape index (κ2) is 9.12. The van der Waals surface area contributed by atoms with Crippen LogP contribution in [0.3, 0.4) is 0 Å². The number of carbonyl (C=O) groups is 2. The predicted octanol–water partition coefficient (Wildman–Crippen LogP) is 3.41. The first-order valence-electron chi connectivity index (χ1n) is 10.2. The van der Waals surface area contributed by atoms with Crippen molar-refractivity contribution in [3.05, 3.63) is 65.7 Å². The molecular formula is C24H30N2O3. The summed E-state index contributed by atoms with van der Waals surface area (Å²) in [5.74, 6) is 0.796. The van der Waals surface area contributed by atoms with Gasteiger partial charge >= 0.3 is 0 Å². The Morgan fingerprint density at radius 2 is 1.41 bits per heavy atom. The number of amides is 2. The zero-order valence-corrected chi connectivity index (χ0v) is 17.6. The number of piperazine rings is 1. The van der Waals surface area contributed by atoms with Gasteiger partial charge in [-0.25, -0.2) is 0 Å². The van der Waals surface area contributed by atoms with Crippen molar-refractivity contribution in [2.45, 2.75) is 32.6 Å². The van der Waals surface area contributed by atoms with Crippen LogP contribution in [0.5, 0.6) is 5.75 Å². The first-order chi connectivity index (χ1) is 13.8. The average molecular weight is 395 g/mol. The van der Waals surface area contributed by atoms with Gasteiger partial charge in [0.05, 0.1) is 0 Å². The molecular weight excluding hydrogens is 364 g/mol. The van der Waals surface area contributed by atoms with Crippen LogP contribution in [0.15, 0.2) is 54.6 Å². The minimum atomic E-state index is -0.215. The molecule has 2 amide bonds. The Morgan fingerprint density at radius 1 is 0.862 bits per heavy atom. The molecule has 1 saturated heterocycles. The van der Waals surface area contributed by atoms with Crippen LogP contribution < -0.4 is 4.74 Å². The summed E-state index contributed by atoms with van der Waals surface area (Å²) in [5.41, 5.74) is 2.10. The number of ether oxygens (including phenoxy) is 1. The largest absolute Gasteiger partial charge is 0.484 e. The second-order valence-corrected chi connectivity index (χ2v) is 8.29. The fourth-order valence-electron chi connectivity index (χ4n) is 3.56. The van der Waals surface area contributed by atoms with Gasteiger partial charge in [0.1, 0.15) is 5.75 Å². The fraction of sp³-hybridized carbons (Fsp3) is 0.417. The summed E-state index contributed by atoms with van der Waals surface area (Å²) in [5, 5.41) is 0. The van der Waals surface area contributed by atoms with E-state index in [0.717, 1.165) is 11.1 Å². The van der Waals surface area contributed by atoms with E-state index in [1.54, 1.807) is 4.90 Å². The minimum Gasteiger partial charge on any atom is -0.484 e. The number of nitrogens with zero attached hydrogens (tertiary/aromatic N) is 2. The zero-order valence-electron chi connectivity index (χ0n) is 17.6. The van der Waals surface area contributed by atoms with Crippen molar-refractivity contribution >= 4 is 11.8 Å². The number of carbonyl (C=O) groups excluding carboxylic acids is 2. The Balaban J connectivity index is 1.46. The molecule has 0 aromatic heterocycles. The third-order valence-corrected chi connectivity index (χ3v) is 5.52. The van der Waals surface area contributed by atoms with Gasteiger partial charge in [-0.2, -0.15) is 0 Å². The Hall–Kier alpha value is -2.82. The standard InChI is InChI=1S/C24H30N2O3/c1-19-9-11-21(12-10-19)29-18-23(28)26-15-13-25(14-16-26)22(27)17-24(2,3)20-7-5-4-6-8-20/h4-12H,13-18H2,1-3H3. The van der Waals surface area contributed by atoms with Gasteiger partial charge in [-0.15, -0.1) is 0 Å². The average Bonchev–Trinajstić information content (AvgIpc) is 2.73. The van der Waals surface area contributed by atoms with Crippen LogP contribution in [0, 0.1) is 6.92 Å². The molecule has 0 saturated carbocycles. The molecule has 0 aliphatic carbocycles. The zero-order chi connectivity index (χ0) is 20.9. The van der Waals surface area contributed by atoms with Crippen LogP contribution in [0.25, 0.3) is 0 Å². The van der Waals surface area contributed by atoms with Crippen LogP contribution >= 0.6 is 0 Å². The summed E-state index contributed by atoms with van der Waals surface area (Å²) >= 11 is 0. The molecule has 0 N–H and O–H groups in total. The highest BCUT2D eigenvalue weighted by Crippen LogP contribution is 2.27. The SMILES string of the molecule is Cc1ccc(OCC(=O)N2CCN(C(=O)CC(C)(C)c3ccccc3)CC2)cc1. The Labute approximate surface area is 173 Å². The molecule has 1 aliphatic rings. The lowest BCUT2D eigenvalue weighted by Gasteiger charge is -2.36. The van der Waals surface area contributed by atoms with Crippen LogP contribution in [0.2, 0.25) is 0 Å². The highest BCUT2D eigenvalue weighted by atomic mass is 16.5. The van der Waals surface area contributed by atoms with Gasteiger partial charge in [0.2, 0.25) is 5.91 Å². The molecule has 0 unspecified atom stereocenters. The van der Waals surface area contributed by atoms with Crippen molar-refractivity contribution < 1.29 is 14.3 Å². The molecule has 2 aromatic rings. The van der Waals surface area contributed by atoms with Crippen LogP contribution in [0.1, 0.15) is 31.4 Å². The highest BCUT2D eigenvalue weighted by molar-refractivity contribution is 5.80. The Bertz CT molecular complexity index is 823. The quantitative estimate of drug-likeness (QED) is 0.754. The van der Waals surface area contributed by atoms with E-state index >= 15 is 0 Å². The van der Waals surface area contributed by atoms with Crippen LogP contribution in [0.4, 0.5) is 0 Å². The lowest BCUT2D eigenvalue weighted by atomic mass is 9.81. The second-order valence-electron chi connectivity index (χ2n) is 8.29. The molecule has 154 valence electrons. The summed E-state index contributed by atoms with van der Waals surface area (Å²) in [6, 6.07) is 17.8. The first-order valence-corrected chi connectivity index (χ1v) is 10.2. The van der Waals surface area contributed by atoms with Gasteiger partial charge in [-0.3, -0.25) is 9.59 Å². The smallest absolute Gasteiger partial charge is 0.260 e. The predicted molar refractivity (Wildman–Crippen MR) is 114 cm³/mol. The molecule has 2 aromatic carbocycles. The third-order valence-electron chi connectivity index (χ3n) is 5.52. The number of benzene rings is 2. The molecule has 0 atom stereocenters. The van der Waals surface area contributed by atoms with Crippen molar-refractivity contribution in [2.75, 3.05) is 32.8 Å². The van der Waals surface area contributed by atoms with Crippen molar-refractivity contribution in [1.82, 2.24) is 9.80 Å². The molecule has 0 radical (unpaired) electrons. The number of hydrogen-bond acceptors (Lipinski definition) is 3. The number of rotatable bonds is 6. The topological polar surface area (TPSA) is 49.9 Å². The van der Waals surface area contributed by atoms with E-state index in [1.165, 1.54) is 0 Å². The van der Waals surface area contributed by atoms with Crippen molar-refractivity contribution in [2.24, 2.45) is 0 Å². The van der Waals surface area contributed by atoms with Crippen molar-refractivity contribution in [3.8, 4) is 5.75 Å². The minimum absolute atomic E-state index is 0.0258. The van der Waals surface area contributed by atoms with Gasteiger partial charge in [-0.1, -0.05) is 61.9 Å². The molecule has 5 heteroatoms. The molecule has 0 spiro atoms. The normalized spacial score (nSPS) is 14.6. The third kappa shape index (κ3) is 5.59. The summed E-state index contributed by atoms with van der Waals surface area (Å²) in [7, 11) is 0. The van der Waals surface area contributed by atoms with E-state index in [9.17, 15) is 9.59 Å². The van der Waals surface area contributed by atoms with E-state index in [-0.39, 0.29) is 23.8 Å². The van der Waals surface area contributed by atoms with Gasteiger partial charge in [-0.05, 0) is 30.0 Å². The van der Waals surface area contributed by atoms with Gasteiger partial charge in [0, 0.05) is 32.6 Å². The molecule has 1 aliphatic heterocycles. The fourth-order valence-corrected chi connectivity index (χ4v) is 3.56. The highest BCUT2D eigenvalue weighted by Gasteiger charge is 2.29. The van der Waals surface area contributed by atoms with Crippen molar-refractivity contribution in [3.63, 3.8) is 0 Å². The molecule has 1 heterocycles. The van der Waals surface area contributed by atoms with E-state index < -0.39 is 0 Å². The van der Waals surface area contributed by atoms with Crippen molar-refractivity contribution in [1.29, 1.82) is 0 Å². The summed E-state index contributed by atoms with van der Waals surface area (Å²) in [6.45, 7) is 8.47. The van der Waals surface area contributed by atoms with Gasteiger partial charge < -0.3 is 14.5 Å². The maximum atomic E-state index is 12.8. The Morgan fingerprint density at radius 3 is 2.00 bits per heavy atom. The summed E-state index contributed by atoms with van der Waals surface area (Å²) < 4.78 is 5.59. The van der Waals surface area contributed by atoms with E-state index in [0.29, 0.717) is 38.3 Å². The summed E-state index contributed by atoms with van der Waals surface area (Å²) in [4.78, 5) is 28.9. The van der Waals surface area contributed by atoms with E-state index in [1.807, 2.05) is 54.3 Å². The molecule has 29 heavy (non-hydrogen) atoms. The van der Waals surface area contributed by atoms with Crippen LogP contribution in [-0.4, -0.2) is 54.4 Å². The van der Waals surface area contributed by atoms with E-state index in [2.05, 4.69) is 26.0 Å². The van der Waals surface area contributed by atoms with Gasteiger partial charge in [0.15, 0.2) is 6.61 Å². The maximum absolute atomic E-state index is 12.8. The molecule has 3 rings (SSSR count). The number of aryl methyl sites for hydroxylation is 1. The van der Waals surface area contributed by atoms with E-state index in [4.69, 9.17) is 4.74 Å². The summed E-state index contributed by atoms with van der Waals surface area (Å²) in [6.07, 6.45) is 0.460. The van der Waals surface area contributed by atoms with Crippen LogP contribution in [-0.2, 0) is 15.0 Å².